The molecule has 0 fully saturated rings. The van der Waals surface area contributed by atoms with Crippen molar-refractivity contribution in [3.8, 4) is 0 Å². The van der Waals surface area contributed by atoms with Gasteiger partial charge in [-0.3, -0.25) is 4.79 Å². The molecule has 2 aromatic rings. The van der Waals surface area contributed by atoms with Gasteiger partial charge in [0.15, 0.2) is 0 Å². The summed E-state index contributed by atoms with van der Waals surface area (Å²) >= 11 is 4.84. The van der Waals surface area contributed by atoms with Crippen LogP contribution in [0.1, 0.15) is 16.8 Å². The minimum absolute atomic E-state index is 0.0860. The van der Waals surface area contributed by atoms with Crippen LogP contribution in [0.3, 0.4) is 0 Å². The quantitative estimate of drug-likeness (QED) is 0.588. The first kappa shape index (κ1) is 19.9. The van der Waals surface area contributed by atoms with Crippen LogP contribution in [0.25, 0.3) is 0 Å². The Morgan fingerprint density at radius 1 is 1.20 bits per heavy atom. The molecule has 2 rings (SSSR count). The number of carbonyl (C=O) groups excluding carboxylic acids is 1. The van der Waals surface area contributed by atoms with Gasteiger partial charge in [-0.2, -0.15) is 0 Å². The maximum absolute atomic E-state index is 12.4. The fourth-order valence-corrected chi connectivity index (χ4v) is 3.11. The van der Waals surface area contributed by atoms with E-state index in [1.165, 1.54) is 11.8 Å². The number of hydrogen-bond acceptors (Lipinski definition) is 5. The van der Waals surface area contributed by atoms with E-state index in [0.717, 1.165) is 20.8 Å². The van der Waals surface area contributed by atoms with E-state index in [1.54, 1.807) is 13.3 Å². The molecule has 1 aromatic carbocycles. The SMILES string of the molecule is COCCOCCCNC(=O)c1ccccc1Sc1ccc(Br)cn1. The molecular weight excluding hydrogens is 404 g/mol. The Kier molecular flexibility index (Phi) is 8.96. The lowest BCUT2D eigenvalue weighted by atomic mass is 10.2. The summed E-state index contributed by atoms with van der Waals surface area (Å²) < 4.78 is 11.2. The van der Waals surface area contributed by atoms with Gasteiger partial charge >= 0.3 is 0 Å². The average Bonchev–Trinajstić information content (AvgIpc) is 2.63. The Morgan fingerprint density at radius 3 is 2.80 bits per heavy atom. The summed E-state index contributed by atoms with van der Waals surface area (Å²) in [5.41, 5.74) is 0.650. The summed E-state index contributed by atoms with van der Waals surface area (Å²) in [6.07, 6.45) is 2.51. The molecule has 1 aromatic heterocycles. The van der Waals surface area contributed by atoms with Crippen molar-refractivity contribution in [1.82, 2.24) is 10.3 Å². The molecule has 25 heavy (non-hydrogen) atoms. The summed E-state index contributed by atoms with van der Waals surface area (Å²) in [6.45, 7) is 2.33. The number of methoxy groups -OCH3 is 1. The number of nitrogens with one attached hydrogen (secondary N) is 1. The number of hydrogen-bond donors (Lipinski definition) is 1. The van der Waals surface area contributed by atoms with Gasteiger partial charge in [0.2, 0.25) is 0 Å². The first-order valence-corrected chi connectivity index (χ1v) is 9.55. The molecule has 7 heteroatoms. The molecule has 0 aliphatic heterocycles. The maximum Gasteiger partial charge on any atom is 0.252 e. The Balaban J connectivity index is 1.86. The topological polar surface area (TPSA) is 60.5 Å². The lowest BCUT2D eigenvalue weighted by Gasteiger charge is -2.10. The third-order valence-electron chi connectivity index (χ3n) is 3.23. The summed E-state index contributed by atoms with van der Waals surface area (Å²) in [5.74, 6) is -0.0860. The Labute approximate surface area is 160 Å². The van der Waals surface area contributed by atoms with Gasteiger partial charge < -0.3 is 14.8 Å². The monoisotopic (exact) mass is 424 g/mol. The molecule has 1 amide bonds. The van der Waals surface area contributed by atoms with E-state index >= 15 is 0 Å². The summed E-state index contributed by atoms with van der Waals surface area (Å²) in [4.78, 5) is 17.7. The molecule has 1 heterocycles. The van der Waals surface area contributed by atoms with Crippen LogP contribution in [0, 0.1) is 0 Å². The standard InChI is InChI=1S/C18H21BrN2O3S/c1-23-11-12-24-10-4-9-20-18(22)15-5-2-3-6-16(15)25-17-8-7-14(19)13-21-17/h2-3,5-8,13H,4,9-12H2,1H3,(H,20,22). The van der Waals surface area contributed by atoms with Gasteiger partial charge in [0, 0.05) is 35.8 Å². The van der Waals surface area contributed by atoms with Crippen molar-refractivity contribution in [2.24, 2.45) is 0 Å². The first-order valence-electron chi connectivity index (χ1n) is 7.94. The lowest BCUT2D eigenvalue weighted by molar-refractivity contribution is 0.0688. The van der Waals surface area contributed by atoms with E-state index < -0.39 is 0 Å². The third kappa shape index (κ3) is 7.15. The number of aromatic nitrogens is 1. The highest BCUT2D eigenvalue weighted by Crippen LogP contribution is 2.29. The Hall–Kier alpha value is -1.41. The van der Waals surface area contributed by atoms with Gasteiger partial charge in [-0.1, -0.05) is 23.9 Å². The van der Waals surface area contributed by atoms with Crippen LogP contribution in [-0.4, -0.2) is 44.4 Å². The van der Waals surface area contributed by atoms with Crippen molar-refractivity contribution in [3.63, 3.8) is 0 Å². The lowest BCUT2D eigenvalue weighted by Crippen LogP contribution is -2.25. The number of ether oxygens (including phenoxy) is 2. The summed E-state index contributed by atoms with van der Waals surface area (Å²) in [7, 11) is 1.64. The molecule has 0 radical (unpaired) electrons. The predicted octanol–water partition coefficient (Wildman–Crippen LogP) is 3.78. The molecule has 0 aliphatic rings. The highest BCUT2D eigenvalue weighted by molar-refractivity contribution is 9.10. The van der Waals surface area contributed by atoms with Gasteiger partial charge in [0.1, 0.15) is 5.03 Å². The molecule has 5 nitrogen and oxygen atoms in total. The Morgan fingerprint density at radius 2 is 2.04 bits per heavy atom. The van der Waals surface area contributed by atoms with E-state index in [9.17, 15) is 4.79 Å². The number of nitrogens with zero attached hydrogens (tertiary/aromatic N) is 1. The predicted molar refractivity (Wildman–Crippen MR) is 102 cm³/mol. The van der Waals surface area contributed by atoms with Gasteiger partial charge in [-0.25, -0.2) is 4.98 Å². The van der Waals surface area contributed by atoms with E-state index in [4.69, 9.17) is 9.47 Å². The van der Waals surface area contributed by atoms with Crippen LogP contribution in [0.15, 0.2) is 57.0 Å². The zero-order valence-electron chi connectivity index (χ0n) is 14.0. The van der Waals surface area contributed by atoms with Crippen LogP contribution in [0.2, 0.25) is 0 Å². The molecule has 1 N–H and O–H groups in total. The van der Waals surface area contributed by atoms with Gasteiger partial charge in [0.05, 0.1) is 18.8 Å². The molecule has 0 unspecified atom stereocenters. The van der Waals surface area contributed by atoms with Gasteiger partial charge in [-0.15, -0.1) is 0 Å². The molecule has 0 atom stereocenters. The largest absolute Gasteiger partial charge is 0.382 e. The average molecular weight is 425 g/mol. The van der Waals surface area contributed by atoms with Crippen LogP contribution < -0.4 is 5.32 Å². The van der Waals surface area contributed by atoms with Crippen molar-refractivity contribution in [2.45, 2.75) is 16.3 Å². The fourth-order valence-electron chi connectivity index (χ4n) is 1.99. The van der Waals surface area contributed by atoms with Gasteiger partial charge in [0.25, 0.3) is 5.91 Å². The van der Waals surface area contributed by atoms with Crippen LogP contribution in [0.5, 0.6) is 0 Å². The number of halogens is 1. The number of rotatable bonds is 10. The molecular formula is C18H21BrN2O3S. The second-order valence-electron chi connectivity index (χ2n) is 5.13. The molecule has 0 aliphatic carbocycles. The maximum atomic E-state index is 12.4. The normalized spacial score (nSPS) is 10.6. The van der Waals surface area contributed by atoms with Crippen LogP contribution in [-0.2, 0) is 9.47 Å². The zero-order chi connectivity index (χ0) is 17.9. The molecule has 134 valence electrons. The van der Waals surface area contributed by atoms with E-state index in [-0.39, 0.29) is 5.91 Å². The van der Waals surface area contributed by atoms with Gasteiger partial charge in [-0.05, 0) is 46.6 Å². The zero-order valence-corrected chi connectivity index (χ0v) is 16.4. The first-order chi connectivity index (χ1) is 12.2. The minimum Gasteiger partial charge on any atom is -0.382 e. The Bertz CT molecular complexity index is 668. The number of amides is 1. The van der Waals surface area contributed by atoms with Crippen molar-refractivity contribution in [3.05, 3.63) is 52.6 Å². The highest BCUT2D eigenvalue weighted by atomic mass is 79.9. The molecule has 0 bridgehead atoms. The number of benzene rings is 1. The second kappa shape index (κ2) is 11.3. The summed E-state index contributed by atoms with van der Waals surface area (Å²) in [5, 5.41) is 3.78. The molecule has 0 spiro atoms. The van der Waals surface area contributed by atoms with Crippen molar-refractivity contribution in [2.75, 3.05) is 33.5 Å². The van der Waals surface area contributed by atoms with E-state index in [1.807, 2.05) is 36.4 Å². The molecule has 0 saturated carbocycles. The number of carbonyl (C=O) groups is 1. The van der Waals surface area contributed by atoms with E-state index in [0.29, 0.717) is 31.9 Å². The van der Waals surface area contributed by atoms with E-state index in [2.05, 4.69) is 26.2 Å². The minimum atomic E-state index is -0.0860. The van der Waals surface area contributed by atoms with Crippen molar-refractivity contribution < 1.29 is 14.3 Å². The third-order valence-corrected chi connectivity index (χ3v) is 4.72. The molecule has 0 saturated heterocycles. The van der Waals surface area contributed by atoms with Crippen molar-refractivity contribution >= 4 is 33.6 Å². The highest BCUT2D eigenvalue weighted by Gasteiger charge is 2.12. The van der Waals surface area contributed by atoms with Crippen LogP contribution in [0.4, 0.5) is 0 Å². The van der Waals surface area contributed by atoms with Crippen LogP contribution >= 0.6 is 27.7 Å². The van der Waals surface area contributed by atoms with Crippen molar-refractivity contribution in [1.29, 1.82) is 0 Å². The number of pyridine rings is 1. The smallest absolute Gasteiger partial charge is 0.252 e. The summed E-state index contributed by atoms with van der Waals surface area (Å²) in [6, 6.07) is 11.4. The fraction of sp³-hybridized carbons (Fsp3) is 0.333. The second-order valence-corrected chi connectivity index (χ2v) is 7.11.